The van der Waals surface area contributed by atoms with Gasteiger partial charge in [0.1, 0.15) is 5.82 Å². The maximum atomic E-state index is 5.74. The van der Waals surface area contributed by atoms with E-state index in [4.69, 9.17) is 4.74 Å². The van der Waals surface area contributed by atoms with Gasteiger partial charge in [0.05, 0.1) is 6.10 Å². The Hall–Kier alpha value is -1.36. The van der Waals surface area contributed by atoms with Crippen molar-refractivity contribution < 1.29 is 4.74 Å². The first kappa shape index (κ1) is 14.1. The van der Waals surface area contributed by atoms with Gasteiger partial charge in [-0.1, -0.05) is 0 Å². The lowest BCUT2D eigenvalue weighted by Gasteiger charge is -2.33. The third-order valence-electron chi connectivity index (χ3n) is 3.28. The molecule has 106 valence electrons. The van der Waals surface area contributed by atoms with Crippen LogP contribution in [0, 0.1) is 6.92 Å². The van der Waals surface area contributed by atoms with Gasteiger partial charge in [0.2, 0.25) is 5.95 Å². The number of hydrogen-bond acceptors (Lipinski definition) is 5. The lowest BCUT2D eigenvalue weighted by Crippen LogP contribution is -2.40. The van der Waals surface area contributed by atoms with Crippen molar-refractivity contribution in [2.24, 2.45) is 0 Å². The molecule has 1 fully saturated rings. The third-order valence-corrected chi connectivity index (χ3v) is 3.28. The fourth-order valence-corrected chi connectivity index (χ4v) is 2.47. The third kappa shape index (κ3) is 3.80. The summed E-state index contributed by atoms with van der Waals surface area (Å²) in [4.78, 5) is 11.3. The molecule has 19 heavy (non-hydrogen) atoms. The van der Waals surface area contributed by atoms with Gasteiger partial charge in [-0.2, -0.15) is 4.98 Å². The van der Waals surface area contributed by atoms with Crippen LogP contribution in [0.3, 0.4) is 0 Å². The van der Waals surface area contributed by atoms with Crippen LogP contribution in [-0.4, -0.2) is 42.3 Å². The number of hydrogen-bond donors (Lipinski definition) is 1. The topological polar surface area (TPSA) is 50.3 Å². The molecule has 1 unspecified atom stereocenters. The van der Waals surface area contributed by atoms with E-state index >= 15 is 0 Å². The molecule has 1 aromatic heterocycles. The van der Waals surface area contributed by atoms with Crippen molar-refractivity contribution in [2.45, 2.75) is 39.7 Å². The molecule has 5 nitrogen and oxygen atoms in total. The first-order valence-electron chi connectivity index (χ1n) is 7.19. The minimum atomic E-state index is 0.330. The van der Waals surface area contributed by atoms with Crippen LogP contribution in [0.5, 0.6) is 0 Å². The number of anilines is 2. The second-order valence-electron chi connectivity index (χ2n) is 4.89. The normalized spacial score (nSPS) is 19.5. The van der Waals surface area contributed by atoms with E-state index in [-0.39, 0.29) is 0 Å². The largest absolute Gasteiger partial charge is 0.377 e. The van der Waals surface area contributed by atoms with Gasteiger partial charge in [-0.3, -0.25) is 0 Å². The van der Waals surface area contributed by atoms with Crippen molar-refractivity contribution in [3.05, 3.63) is 11.8 Å². The van der Waals surface area contributed by atoms with Gasteiger partial charge >= 0.3 is 0 Å². The predicted octanol–water partition coefficient (Wildman–Crippen LogP) is 2.22. The highest BCUT2D eigenvalue weighted by Gasteiger charge is 2.21. The van der Waals surface area contributed by atoms with E-state index in [2.05, 4.69) is 40.1 Å². The minimum absolute atomic E-state index is 0.330. The molecule has 0 radical (unpaired) electrons. The Labute approximate surface area is 115 Å². The molecule has 1 aliphatic heterocycles. The van der Waals surface area contributed by atoms with E-state index < -0.39 is 0 Å². The molecule has 1 aliphatic rings. The first-order valence-corrected chi connectivity index (χ1v) is 7.19. The van der Waals surface area contributed by atoms with E-state index in [1.165, 1.54) is 0 Å². The molecule has 1 atom stereocenters. The Balaban J connectivity index is 2.11. The van der Waals surface area contributed by atoms with Crippen LogP contribution in [0.1, 0.15) is 32.4 Å². The molecule has 0 spiro atoms. The summed E-state index contributed by atoms with van der Waals surface area (Å²) in [5, 5.41) is 3.18. The first-order chi connectivity index (χ1) is 9.22. The fourth-order valence-electron chi connectivity index (χ4n) is 2.47. The molecular formula is C14H24N4O. The zero-order valence-electron chi connectivity index (χ0n) is 12.1. The number of nitrogens with one attached hydrogen (secondary N) is 1. The average molecular weight is 264 g/mol. The summed E-state index contributed by atoms with van der Waals surface area (Å²) in [6.45, 7) is 9.71. The van der Waals surface area contributed by atoms with Crippen LogP contribution < -0.4 is 10.2 Å². The van der Waals surface area contributed by atoms with Gasteiger partial charge in [-0.25, -0.2) is 4.98 Å². The summed E-state index contributed by atoms with van der Waals surface area (Å²) in [7, 11) is 0. The Morgan fingerprint density at radius 3 is 3.00 bits per heavy atom. The molecule has 0 aromatic carbocycles. The minimum Gasteiger partial charge on any atom is -0.377 e. The highest BCUT2D eigenvalue weighted by molar-refractivity contribution is 5.45. The molecule has 2 heterocycles. The van der Waals surface area contributed by atoms with Crippen molar-refractivity contribution in [3.8, 4) is 0 Å². The standard InChI is InChI=1S/C14H24N4O/c1-4-15-14-16-11(3)9-13(17-14)18-8-6-7-12(10-18)19-5-2/h9,12H,4-8,10H2,1-3H3,(H,15,16,17). The smallest absolute Gasteiger partial charge is 0.224 e. The lowest BCUT2D eigenvalue weighted by molar-refractivity contribution is 0.0525. The van der Waals surface area contributed by atoms with Crippen molar-refractivity contribution in [3.63, 3.8) is 0 Å². The van der Waals surface area contributed by atoms with Crippen molar-refractivity contribution in [2.75, 3.05) is 36.5 Å². The summed E-state index contributed by atoms with van der Waals surface area (Å²) in [6, 6.07) is 2.05. The lowest BCUT2D eigenvalue weighted by atomic mass is 10.1. The fraction of sp³-hybridized carbons (Fsp3) is 0.714. The second-order valence-corrected chi connectivity index (χ2v) is 4.89. The monoisotopic (exact) mass is 264 g/mol. The van der Waals surface area contributed by atoms with Crippen LogP contribution in [-0.2, 0) is 4.74 Å². The molecule has 1 saturated heterocycles. The van der Waals surface area contributed by atoms with Gasteiger partial charge in [0, 0.05) is 38.0 Å². The maximum Gasteiger partial charge on any atom is 0.224 e. The summed E-state index contributed by atoms with van der Waals surface area (Å²) >= 11 is 0. The molecule has 0 saturated carbocycles. The number of piperidine rings is 1. The van der Waals surface area contributed by atoms with Gasteiger partial charge < -0.3 is 15.0 Å². The van der Waals surface area contributed by atoms with E-state index in [1.54, 1.807) is 0 Å². The van der Waals surface area contributed by atoms with Gasteiger partial charge in [-0.15, -0.1) is 0 Å². The van der Waals surface area contributed by atoms with Gasteiger partial charge in [-0.05, 0) is 33.6 Å². The van der Waals surface area contributed by atoms with Crippen LogP contribution in [0.15, 0.2) is 6.07 Å². The Morgan fingerprint density at radius 2 is 2.26 bits per heavy atom. The van der Waals surface area contributed by atoms with E-state index in [1.807, 2.05) is 6.92 Å². The van der Waals surface area contributed by atoms with Crippen molar-refractivity contribution in [1.82, 2.24) is 9.97 Å². The number of aryl methyl sites for hydroxylation is 1. The molecule has 2 rings (SSSR count). The van der Waals surface area contributed by atoms with Gasteiger partial charge in [0.15, 0.2) is 0 Å². The Kier molecular flexibility index (Phi) is 4.96. The molecule has 0 aliphatic carbocycles. The van der Waals surface area contributed by atoms with Crippen LogP contribution in [0.2, 0.25) is 0 Å². The molecule has 0 bridgehead atoms. The van der Waals surface area contributed by atoms with Crippen LogP contribution >= 0.6 is 0 Å². The maximum absolute atomic E-state index is 5.74. The summed E-state index contributed by atoms with van der Waals surface area (Å²) in [5.74, 6) is 1.73. The van der Waals surface area contributed by atoms with Crippen molar-refractivity contribution >= 4 is 11.8 Å². The number of nitrogens with zero attached hydrogens (tertiary/aromatic N) is 3. The summed E-state index contributed by atoms with van der Waals surface area (Å²) in [5.41, 5.74) is 1.000. The SMILES string of the molecule is CCNc1nc(C)cc(N2CCCC(OCC)C2)n1. The quantitative estimate of drug-likeness (QED) is 0.883. The van der Waals surface area contributed by atoms with E-state index in [9.17, 15) is 0 Å². The summed E-state index contributed by atoms with van der Waals surface area (Å²) < 4.78 is 5.74. The number of rotatable bonds is 5. The zero-order chi connectivity index (χ0) is 13.7. The molecule has 1 aromatic rings. The molecular weight excluding hydrogens is 240 g/mol. The highest BCUT2D eigenvalue weighted by atomic mass is 16.5. The number of ether oxygens (including phenoxy) is 1. The Bertz CT molecular complexity index is 408. The van der Waals surface area contributed by atoms with Crippen molar-refractivity contribution in [1.29, 1.82) is 0 Å². The Morgan fingerprint density at radius 1 is 1.42 bits per heavy atom. The van der Waals surface area contributed by atoms with E-state index in [0.29, 0.717) is 6.10 Å². The molecule has 1 N–H and O–H groups in total. The molecule has 0 amide bonds. The van der Waals surface area contributed by atoms with E-state index in [0.717, 1.165) is 56.5 Å². The number of aromatic nitrogens is 2. The van der Waals surface area contributed by atoms with Crippen LogP contribution in [0.25, 0.3) is 0 Å². The predicted molar refractivity (Wildman–Crippen MR) is 77.8 cm³/mol. The molecule has 5 heteroatoms. The van der Waals surface area contributed by atoms with Crippen LogP contribution in [0.4, 0.5) is 11.8 Å². The van der Waals surface area contributed by atoms with Gasteiger partial charge in [0.25, 0.3) is 0 Å². The average Bonchev–Trinajstić information content (AvgIpc) is 2.39. The second kappa shape index (κ2) is 6.70. The zero-order valence-corrected chi connectivity index (χ0v) is 12.1. The highest BCUT2D eigenvalue weighted by Crippen LogP contribution is 2.21. The summed E-state index contributed by atoms with van der Waals surface area (Å²) in [6.07, 6.45) is 2.63.